The normalized spacial score (nSPS) is 13.0. The number of hydrogen-bond donors (Lipinski definition) is 1. The van der Waals surface area contributed by atoms with Crippen LogP contribution in [-0.2, 0) is 0 Å². The number of aliphatic imine (C=N–C) groups is 1. The lowest BCUT2D eigenvalue weighted by atomic mass is 9.95. The second-order valence-electron chi connectivity index (χ2n) is 4.47. The minimum Gasteiger partial charge on any atom is -0.387 e. The molecule has 0 atom stereocenters. The SMILES string of the molecule is CC(C)(C)C(N)=Nc1c(Cl)cc(Br)cc1Cl. The number of nitrogens with two attached hydrogens (primary N) is 1. The molecule has 5 heteroatoms. The van der Waals surface area contributed by atoms with Crippen LogP contribution >= 0.6 is 39.1 Å². The monoisotopic (exact) mass is 322 g/mol. The summed E-state index contributed by atoms with van der Waals surface area (Å²) in [6, 6.07) is 3.48. The third-order valence-corrected chi connectivity index (χ3v) is 3.02. The van der Waals surface area contributed by atoms with Crippen LogP contribution in [0.15, 0.2) is 21.6 Å². The van der Waals surface area contributed by atoms with Gasteiger partial charge in [-0.15, -0.1) is 0 Å². The summed E-state index contributed by atoms with van der Waals surface area (Å²) in [5.74, 6) is 0.499. The Morgan fingerprint density at radius 1 is 1.25 bits per heavy atom. The van der Waals surface area contributed by atoms with E-state index in [0.29, 0.717) is 21.6 Å². The molecule has 0 aliphatic heterocycles. The molecule has 0 heterocycles. The second kappa shape index (κ2) is 4.94. The van der Waals surface area contributed by atoms with E-state index in [4.69, 9.17) is 28.9 Å². The maximum Gasteiger partial charge on any atom is 0.105 e. The van der Waals surface area contributed by atoms with Gasteiger partial charge in [0.1, 0.15) is 11.5 Å². The Morgan fingerprint density at radius 2 is 1.69 bits per heavy atom. The Hall–Kier alpha value is -0.250. The minimum atomic E-state index is -0.209. The molecule has 0 aliphatic carbocycles. The Balaban J connectivity index is 3.26. The minimum absolute atomic E-state index is 0.209. The summed E-state index contributed by atoms with van der Waals surface area (Å²) in [6.45, 7) is 5.94. The fraction of sp³-hybridized carbons (Fsp3) is 0.364. The molecule has 0 bridgehead atoms. The van der Waals surface area contributed by atoms with E-state index >= 15 is 0 Å². The predicted octanol–water partition coefficient (Wildman–Crippen LogP) is 4.79. The number of halogens is 3. The Labute approximate surface area is 114 Å². The summed E-state index contributed by atoms with van der Waals surface area (Å²) in [4.78, 5) is 4.28. The quantitative estimate of drug-likeness (QED) is 0.585. The third-order valence-electron chi connectivity index (χ3n) is 1.98. The standard InChI is InChI=1S/C11H13BrCl2N2/c1-11(2,3)10(15)16-9-7(13)4-6(12)5-8(9)14/h4-5H,1-3H3,(H2,15,16). The molecule has 0 unspecified atom stereocenters. The zero-order valence-electron chi connectivity index (χ0n) is 9.31. The fourth-order valence-electron chi connectivity index (χ4n) is 0.930. The molecule has 0 saturated carbocycles. The van der Waals surface area contributed by atoms with Crippen molar-refractivity contribution in [1.82, 2.24) is 0 Å². The average molecular weight is 324 g/mol. The van der Waals surface area contributed by atoms with Crippen LogP contribution in [0.25, 0.3) is 0 Å². The summed E-state index contributed by atoms with van der Waals surface area (Å²) in [6.07, 6.45) is 0. The molecule has 88 valence electrons. The smallest absolute Gasteiger partial charge is 0.105 e. The van der Waals surface area contributed by atoms with Gasteiger partial charge < -0.3 is 5.73 Å². The van der Waals surface area contributed by atoms with Crippen LogP contribution in [0.3, 0.4) is 0 Å². The summed E-state index contributed by atoms with van der Waals surface area (Å²) in [7, 11) is 0. The van der Waals surface area contributed by atoms with Crippen LogP contribution in [0.2, 0.25) is 10.0 Å². The largest absolute Gasteiger partial charge is 0.387 e. The molecule has 1 aromatic rings. The van der Waals surface area contributed by atoms with Crippen LogP contribution in [0.4, 0.5) is 5.69 Å². The highest BCUT2D eigenvalue weighted by Crippen LogP contribution is 2.36. The van der Waals surface area contributed by atoms with Gasteiger partial charge >= 0.3 is 0 Å². The van der Waals surface area contributed by atoms with Gasteiger partial charge in [-0.2, -0.15) is 0 Å². The molecule has 0 amide bonds. The highest BCUT2D eigenvalue weighted by molar-refractivity contribution is 9.10. The van der Waals surface area contributed by atoms with Crippen molar-refractivity contribution in [2.75, 3.05) is 0 Å². The first kappa shape index (κ1) is 13.8. The molecule has 0 aromatic heterocycles. The maximum atomic E-state index is 6.05. The molecular formula is C11H13BrCl2N2. The van der Waals surface area contributed by atoms with Crippen molar-refractivity contribution in [2.45, 2.75) is 20.8 Å². The first-order chi connectivity index (χ1) is 7.21. The van der Waals surface area contributed by atoms with Gasteiger partial charge in [-0.25, -0.2) is 4.99 Å². The molecule has 0 radical (unpaired) electrons. The highest BCUT2D eigenvalue weighted by Gasteiger charge is 2.17. The molecule has 0 saturated heterocycles. The summed E-state index contributed by atoms with van der Waals surface area (Å²) >= 11 is 15.4. The van der Waals surface area contributed by atoms with Gasteiger partial charge in [-0.1, -0.05) is 59.9 Å². The zero-order chi connectivity index (χ0) is 12.5. The summed E-state index contributed by atoms with van der Waals surface area (Å²) in [5.41, 5.74) is 6.18. The number of amidine groups is 1. The van der Waals surface area contributed by atoms with E-state index in [1.54, 1.807) is 12.1 Å². The van der Waals surface area contributed by atoms with Crippen molar-refractivity contribution in [3.8, 4) is 0 Å². The highest BCUT2D eigenvalue weighted by atomic mass is 79.9. The first-order valence-corrected chi connectivity index (χ1v) is 6.26. The molecule has 1 aromatic carbocycles. The van der Waals surface area contributed by atoms with E-state index in [1.807, 2.05) is 20.8 Å². The molecule has 0 spiro atoms. The third kappa shape index (κ3) is 3.37. The first-order valence-electron chi connectivity index (χ1n) is 4.71. The van der Waals surface area contributed by atoms with Crippen LogP contribution < -0.4 is 5.73 Å². The molecule has 2 nitrogen and oxygen atoms in total. The zero-order valence-corrected chi connectivity index (χ0v) is 12.4. The van der Waals surface area contributed by atoms with Crippen molar-refractivity contribution >= 4 is 50.7 Å². The van der Waals surface area contributed by atoms with Crippen LogP contribution in [0.5, 0.6) is 0 Å². The van der Waals surface area contributed by atoms with E-state index in [0.717, 1.165) is 4.47 Å². The van der Waals surface area contributed by atoms with Gasteiger partial charge in [0.25, 0.3) is 0 Å². The summed E-state index contributed by atoms with van der Waals surface area (Å²) < 4.78 is 0.816. The molecule has 16 heavy (non-hydrogen) atoms. The Bertz CT molecular complexity index is 413. The van der Waals surface area contributed by atoms with Gasteiger partial charge in [0.2, 0.25) is 0 Å². The fourth-order valence-corrected chi connectivity index (χ4v) is 2.22. The van der Waals surface area contributed by atoms with Crippen molar-refractivity contribution in [3.63, 3.8) is 0 Å². The lowest BCUT2D eigenvalue weighted by Gasteiger charge is -2.17. The van der Waals surface area contributed by atoms with Crippen molar-refractivity contribution in [1.29, 1.82) is 0 Å². The van der Waals surface area contributed by atoms with Crippen molar-refractivity contribution < 1.29 is 0 Å². The van der Waals surface area contributed by atoms with Gasteiger partial charge in [0, 0.05) is 9.89 Å². The number of hydrogen-bond acceptors (Lipinski definition) is 1. The van der Waals surface area contributed by atoms with E-state index < -0.39 is 0 Å². The van der Waals surface area contributed by atoms with Crippen LogP contribution in [0.1, 0.15) is 20.8 Å². The van der Waals surface area contributed by atoms with Gasteiger partial charge in [0.05, 0.1) is 10.0 Å². The molecule has 1 rings (SSSR count). The van der Waals surface area contributed by atoms with Gasteiger partial charge in [-0.05, 0) is 12.1 Å². The molecule has 0 aliphatic rings. The Morgan fingerprint density at radius 3 is 2.06 bits per heavy atom. The number of rotatable bonds is 1. The maximum absolute atomic E-state index is 6.05. The van der Waals surface area contributed by atoms with Crippen LogP contribution in [0, 0.1) is 5.41 Å². The lowest BCUT2D eigenvalue weighted by Crippen LogP contribution is -2.28. The van der Waals surface area contributed by atoms with E-state index in [2.05, 4.69) is 20.9 Å². The molecular weight excluding hydrogens is 311 g/mol. The average Bonchev–Trinajstić information content (AvgIpc) is 2.08. The van der Waals surface area contributed by atoms with E-state index in [1.165, 1.54) is 0 Å². The predicted molar refractivity (Wildman–Crippen MR) is 74.9 cm³/mol. The summed E-state index contributed by atoms with van der Waals surface area (Å²) in [5, 5.41) is 0.957. The molecule has 2 N–H and O–H groups in total. The van der Waals surface area contributed by atoms with Gasteiger partial charge in [0.15, 0.2) is 0 Å². The molecule has 0 fully saturated rings. The topological polar surface area (TPSA) is 38.4 Å². The number of benzene rings is 1. The lowest BCUT2D eigenvalue weighted by molar-refractivity contribution is 0.585. The van der Waals surface area contributed by atoms with E-state index in [9.17, 15) is 0 Å². The van der Waals surface area contributed by atoms with Crippen molar-refractivity contribution in [2.24, 2.45) is 16.1 Å². The van der Waals surface area contributed by atoms with Crippen LogP contribution in [-0.4, -0.2) is 5.84 Å². The Kier molecular flexibility index (Phi) is 4.27. The second-order valence-corrected chi connectivity index (χ2v) is 6.20. The van der Waals surface area contributed by atoms with Crippen molar-refractivity contribution in [3.05, 3.63) is 26.7 Å². The van der Waals surface area contributed by atoms with Gasteiger partial charge in [-0.3, -0.25) is 0 Å². The number of nitrogens with zero attached hydrogens (tertiary/aromatic N) is 1. The van der Waals surface area contributed by atoms with E-state index in [-0.39, 0.29) is 5.41 Å².